The van der Waals surface area contributed by atoms with Crippen LogP contribution in [0.4, 0.5) is 5.69 Å². The molecule has 0 atom stereocenters. The van der Waals surface area contributed by atoms with E-state index in [1.807, 2.05) is 0 Å². The van der Waals surface area contributed by atoms with Crippen molar-refractivity contribution in [3.05, 3.63) is 41.7 Å². The van der Waals surface area contributed by atoms with Crippen molar-refractivity contribution in [3.8, 4) is 5.75 Å². The minimum Gasteiger partial charge on any atom is -0.471 e. The molecule has 0 spiro atoms. The Balaban J connectivity index is 1.96. The third kappa shape index (κ3) is 2.63. The lowest BCUT2D eigenvalue weighted by Gasteiger charge is -2.05. The summed E-state index contributed by atoms with van der Waals surface area (Å²) in [5.41, 5.74) is 6.13. The molecule has 1 aromatic carbocycles. The molecular weight excluding hydrogens is 214 g/mol. The third-order valence-electron chi connectivity index (χ3n) is 1.83. The molecule has 0 saturated carbocycles. The number of hydrogen-bond donors (Lipinski definition) is 1. The molecule has 2 rings (SSSR count). The molecule has 0 unspecified atom stereocenters. The van der Waals surface area contributed by atoms with E-state index in [9.17, 15) is 0 Å². The Kier molecular flexibility index (Phi) is 2.78. The van der Waals surface area contributed by atoms with Gasteiger partial charge in [-0.05, 0) is 24.3 Å². The first-order chi connectivity index (χ1) is 7.24. The summed E-state index contributed by atoms with van der Waals surface area (Å²) < 4.78 is 7.06. The molecule has 0 aliphatic rings. The van der Waals surface area contributed by atoms with Gasteiger partial charge in [0.25, 0.3) is 0 Å². The molecule has 78 valence electrons. The van der Waals surface area contributed by atoms with E-state index in [1.54, 1.807) is 41.3 Å². The number of ether oxygens (including phenoxy) is 1. The summed E-state index contributed by atoms with van der Waals surface area (Å²) in [6.45, 7) is 0.332. The summed E-state index contributed by atoms with van der Waals surface area (Å²) >= 11 is 5.74. The maximum atomic E-state index is 5.74. The largest absolute Gasteiger partial charge is 0.471 e. The van der Waals surface area contributed by atoms with Crippen LogP contribution in [-0.4, -0.2) is 9.78 Å². The van der Waals surface area contributed by atoms with Crippen LogP contribution < -0.4 is 10.5 Å². The maximum Gasteiger partial charge on any atom is 0.180 e. The second kappa shape index (κ2) is 4.23. The summed E-state index contributed by atoms with van der Waals surface area (Å²) in [5, 5.41) is 4.67. The third-order valence-corrected chi connectivity index (χ3v) is 2.08. The SMILES string of the molecule is Nc1cnn(COc2ccc(Cl)cc2)c1. The van der Waals surface area contributed by atoms with E-state index in [2.05, 4.69) is 5.10 Å². The topological polar surface area (TPSA) is 53.1 Å². The minimum atomic E-state index is 0.332. The molecule has 0 amide bonds. The molecule has 0 radical (unpaired) electrons. The van der Waals surface area contributed by atoms with Crippen LogP contribution in [0, 0.1) is 0 Å². The Morgan fingerprint density at radius 2 is 2.07 bits per heavy atom. The van der Waals surface area contributed by atoms with Crippen LogP contribution in [0.2, 0.25) is 5.02 Å². The zero-order chi connectivity index (χ0) is 10.7. The minimum absolute atomic E-state index is 0.332. The molecule has 0 aliphatic carbocycles. The van der Waals surface area contributed by atoms with Gasteiger partial charge in [-0.15, -0.1) is 0 Å². The fraction of sp³-hybridized carbons (Fsp3) is 0.100. The predicted octanol–water partition coefficient (Wildman–Crippen LogP) is 2.16. The molecule has 0 bridgehead atoms. The van der Waals surface area contributed by atoms with Crippen LogP contribution in [0.15, 0.2) is 36.7 Å². The summed E-state index contributed by atoms with van der Waals surface area (Å²) in [7, 11) is 0. The molecule has 0 saturated heterocycles. The number of nitrogens with two attached hydrogens (primary N) is 1. The number of benzene rings is 1. The van der Waals surface area contributed by atoms with Gasteiger partial charge in [0.1, 0.15) is 5.75 Å². The number of nitrogens with zero attached hydrogens (tertiary/aromatic N) is 2. The first-order valence-corrected chi connectivity index (χ1v) is 4.78. The highest BCUT2D eigenvalue weighted by Crippen LogP contribution is 2.15. The van der Waals surface area contributed by atoms with Gasteiger partial charge in [-0.1, -0.05) is 11.6 Å². The molecule has 2 N–H and O–H groups in total. The summed E-state index contributed by atoms with van der Waals surface area (Å²) in [6.07, 6.45) is 3.28. The average molecular weight is 224 g/mol. The lowest BCUT2D eigenvalue weighted by Crippen LogP contribution is -2.05. The Bertz CT molecular complexity index is 438. The van der Waals surface area contributed by atoms with Crippen LogP contribution >= 0.6 is 11.6 Å². The molecule has 15 heavy (non-hydrogen) atoms. The summed E-state index contributed by atoms with van der Waals surface area (Å²) in [4.78, 5) is 0. The number of rotatable bonds is 3. The van der Waals surface area contributed by atoms with Gasteiger partial charge >= 0.3 is 0 Å². The fourth-order valence-corrected chi connectivity index (χ4v) is 1.25. The maximum absolute atomic E-state index is 5.74. The van der Waals surface area contributed by atoms with E-state index in [4.69, 9.17) is 22.1 Å². The van der Waals surface area contributed by atoms with Crippen molar-refractivity contribution in [3.63, 3.8) is 0 Å². The number of aromatic nitrogens is 2. The van der Waals surface area contributed by atoms with Gasteiger partial charge in [0.2, 0.25) is 0 Å². The van der Waals surface area contributed by atoms with Crippen molar-refractivity contribution in [2.45, 2.75) is 6.73 Å². The number of hydrogen-bond acceptors (Lipinski definition) is 3. The zero-order valence-corrected chi connectivity index (χ0v) is 8.69. The van der Waals surface area contributed by atoms with Crippen LogP contribution in [-0.2, 0) is 6.73 Å². The summed E-state index contributed by atoms with van der Waals surface area (Å²) in [6, 6.07) is 7.15. The second-order valence-electron chi connectivity index (χ2n) is 3.04. The van der Waals surface area contributed by atoms with Crippen molar-refractivity contribution in [1.82, 2.24) is 9.78 Å². The van der Waals surface area contributed by atoms with E-state index in [0.717, 1.165) is 5.75 Å². The molecule has 0 fully saturated rings. The van der Waals surface area contributed by atoms with Gasteiger partial charge in [0.05, 0.1) is 18.1 Å². The normalized spacial score (nSPS) is 10.2. The van der Waals surface area contributed by atoms with Crippen molar-refractivity contribution >= 4 is 17.3 Å². The Hall–Kier alpha value is -1.68. The quantitative estimate of drug-likeness (QED) is 0.868. The number of halogens is 1. The van der Waals surface area contributed by atoms with Gasteiger partial charge in [-0.3, -0.25) is 0 Å². The molecule has 1 aromatic heterocycles. The van der Waals surface area contributed by atoms with Crippen molar-refractivity contribution in [1.29, 1.82) is 0 Å². The highest BCUT2D eigenvalue weighted by atomic mass is 35.5. The first-order valence-electron chi connectivity index (χ1n) is 4.40. The predicted molar refractivity (Wildman–Crippen MR) is 58.7 cm³/mol. The van der Waals surface area contributed by atoms with E-state index < -0.39 is 0 Å². The van der Waals surface area contributed by atoms with Gasteiger partial charge < -0.3 is 10.5 Å². The fourth-order valence-electron chi connectivity index (χ4n) is 1.12. The number of anilines is 1. The first kappa shape index (κ1) is 9.86. The molecule has 2 aromatic rings. The van der Waals surface area contributed by atoms with E-state index in [1.165, 1.54) is 0 Å². The Labute approximate surface area is 92.2 Å². The number of nitrogen functional groups attached to an aromatic ring is 1. The van der Waals surface area contributed by atoms with Crippen molar-refractivity contribution in [2.24, 2.45) is 0 Å². The Morgan fingerprint density at radius 1 is 1.33 bits per heavy atom. The van der Waals surface area contributed by atoms with Gasteiger partial charge in [0.15, 0.2) is 6.73 Å². The van der Waals surface area contributed by atoms with Gasteiger partial charge in [0, 0.05) is 5.02 Å². The van der Waals surface area contributed by atoms with Crippen molar-refractivity contribution in [2.75, 3.05) is 5.73 Å². The van der Waals surface area contributed by atoms with Crippen molar-refractivity contribution < 1.29 is 4.74 Å². The molecule has 1 heterocycles. The van der Waals surface area contributed by atoms with E-state index in [0.29, 0.717) is 17.4 Å². The van der Waals surface area contributed by atoms with E-state index >= 15 is 0 Å². The lowest BCUT2D eigenvalue weighted by atomic mass is 10.3. The molecular formula is C10H10ClN3O. The average Bonchev–Trinajstić information content (AvgIpc) is 2.64. The van der Waals surface area contributed by atoms with E-state index in [-0.39, 0.29) is 0 Å². The Morgan fingerprint density at radius 3 is 2.67 bits per heavy atom. The van der Waals surface area contributed by atoms with Crippen LogP contribution in [0.3, 0.4) is 0 Å². The second-order valence-corrected chi connectivity index (χ2v) is 3.48. The summed E-state index contributed by atoms with van der Waals surface area (Å²) in [5.74, 6) is 0.744. The van der Waals surface area contributed by atoms with Crippen LogP contribution in [0.25, 0.3) is 0 Å². The molecule has 4 nitrogen and oxygen atoms in total. The smallest absolute Gasteiger partial charge is 0.180 e. The zero-order valence-electron chi connectivity index (χ0n) is 7.93. The van der Waals surface area contributed by atoms with Crippen LogP contribution in [0.1, 0.15) is 0 Å². The highest BCUT2D eigenvalue weighted by Gasteiger charge is 1.96. The molecule has 0 aliphatic heterocycles. The molecule has 5 heteroatoms. The lowest BCUT2D eigenvalue weighted by molar-refractivity contribution is 0.221. The van der Waals surface area contributed by atoms with Gasteiger partial charge in [-0.25, -0.2) is 4.68 Å². The van der Waals surface area contributed by atoms with Crippen LogP contribution in [0.5, 0.6) is 5.75 Å². The van der Waals surface area contributed by atoms with Gasteiger partial charge in [-0.2, -0.15) is 5.10 Å². The highest BCUT2D eigenvalue weighted by molar-refractivity contribution is 6.30. The monoisotopic (exact) mass is 223 g/mol. The standard InChI is InChI=1S/C10H10ClN3O/c11-8-1-3-10(4-2-8)15-7-14-6-9(12)5-13-14/h1-6H,7,12H2.